The fourth-order valence-electron chi connectivity index (χ4n) is 3.08. The largest absolute Gasteiger partial charge is 0.486 e. The van der Waals surface area contributed by atoms with E-state index in [0.29, 0.717) is 12.6 Å². The van der Waals surface area contributed by atoms with Gasteiger partial charge in [0.25, 0.3) is 0 Å². The molecule has 0 amide bonds. The Morgan fingerprint density at radius 1 is 1.25 bits per heavy atom. The number of rotatable bonds is 6. The highest BCUT2D eigenvalue weighted by molar-refractivity contribution is 7.09. The third kappa shape index (κ3) is 3.52. The van der Waals surface area contributed by atoms with Gasteiger partial charge < -0.3 is 14.5 Å². The van der Waals surface area contributed by atoms with E-state index in [1.165, 1.54) is 12.0 Å². The van der Waals surface area contributed by atoms with Crippen molar-refractivity contribution >= 4 is 11.3 Å². The molecule has 0 spiro atoms. The third-order valence-corrected chi connectivity index (χ3v) is 5.16. The molecule has 1 aromatic carbocycles. The number of fused-ring (bicyclic) bond motifs is 1. The van der Waals surface area contributed by atoms with Crippen LogP contribution >= 0.6 is 11.3 Å². The van der Waals surface area contributed by atoms with E-state index in [4.69, 9.17) is 9.15 Å². The average Bonchev–Trinajstić information content (AvgIpc) is 3.28. The number of thiazole rings is 1. The monoisotopic (exact) mass is 340 g/mol. The molecule has 0 saturated heterocycles. The van der Waals surface area contributed by atoms with Gasteiger partial charge in [0.05, 0.1) is 12.0 Å². The van der Waals surface area contributed by atoms with Crippen LogP contribution in [0.25, 0.3) is 0 Å². The number of aryl methyl sites for hydroxylation is 1. The Morgan fingerprint density at radius 2 is 2.17 bits per heavy atom. The highest BCUT2D eigenvalue weighted by Gasteiger charge is 2.22. The summed E-state index contributed by atoms with van der Waals surface area (Å²) in [4.78, 5) is 4.66. The molecule has 4 rings (SSSR count). The first-order valence-electron chi connectivity index (χ1n) is 8.29. The van der Waals surface area contributed by atoms with Crippen molar-refractivity contribution in [1.82, 2.24) is 10.3 Å². The Hall–Kier alpha value is -2.11. The van der Waals surface area contributed by atoms with E-state index in [-0.39, 0.29) is 0 Å². The highest BCUT2D eigenvalue weighted by Crippen LogP contribution is 2.30. The van der Waals surface area contributed by atoms with Gasteiger partial charge >= 0.3 is 0 Å². The molecular formula is C19H20N2O2S. The molecule has 3 aromatic rings. The minimum Gasteiger partial charge on any atom is -0.486 e. The topological polar surface area (TPSA) is 47.3 Å². The predicted molar refractivity (Wildman–Crippen MR) is 94.1 cm³/mol. The van der Waals surface area contributed by atoms with Crippen molar-refractivity contribution in [2.45, 2.75) is 38.5 Å². The van der Waals surface area contributed by atoms with Crippen LogP contribution in [-0.4, -0.2) is 4.98 Å². The van der Waals surface area contributed by atoms with Crippen molar-refractivity contribution in [2.75, 3.05) is 0 Å². The number of nitrogens with zero attached hydrogens (tertiary/aromatic N) is 1. The molecule has 4 nitrogen and oxygen atoms in total. The van der Waals surface area contributed by atoms with Crippen LogP contribution in [0, 0.1) is 0 Å². The van der Waals surface area contributed by atoms with E-state index < -0.39 is 0 Å². The van der Waals surface area contributed by atoms with Crippen molar-refractivity contribution in [3.05, 3.63) is 70.1 Å². The first-order valence-corrected chi connectivity index (χ1v) is 9.17. The van der Waals surface area contributed by atoms with E-state index in [9.17, 15) is 0 Å². The fourth-order valence-corrected chi connectivity index (χ4v) is 3.79. The van der Waals surface area contributed by atoms with E-state index >= 15 is 0 Å². The number of para-hydroxylation sites is 1. The van der Waals surface area contributed by atoms with Gasteiger partial charge in [-0.15, -0.1) is 11.3 Å². The van der Waals surface area contributed by atoms with Gasteiger partial charge in [-0.25, -0.2) is 4.98 Å². The number of nitrogens with one attached hydrogen (secondary N) is 1. The maximum absolute atomic E-state index is 5.75. The van der Waals surface area contributed by atoms with E-state index in [2.05, 4.69) is 21.7 Å². The maximum Gasteiger partial charge on any atom is 0.140 e. The van der Waals surface area contributed by atoms with Gasteiger partial charge in [0, 0.05) is 30.0 Å². The molecule has 0 radical (unpaired) electrons. The van der Waals surface area contributed by atoms with E-state index in [0.717, 1.165) is 41.6 Å². The van der Waals surface area contributed by atoms with Gasteiger partial charge in [0.1, 0.15) is 23.1 Å². The van der Waals surface area contributed by atoms with Crippen LogP contribution in [0.2, 0.25) is 0 Å². The molecule has 24 heavy (non-hydrogen) atoms. The summed E-state index contributed by atoms with van der Waals surface area (Å²) in [5, 5.41) is 6.72. The van der Waals surface area contributed by atoms with Crippen molar-refractivity contribution < 1.29 is 9.15 Å². The van der Waals surface area contributed by atoms with Gasteiger partial charge in [0.2, 0.25) is 0 Å². The number of aromatic nitrogens is 1. The van der Waals surface area contributed by atoms with Gasteiger partial charge in [-0.2, -0.15) is 0 Å². The summed E-state index contributed by atoms with van der Waals surface area (Å²) >= 11 is 1.65. The number of hydrogen-bond donors (Lipinski definition) is 1. The summed E-state index contributed by atoms with van der Waals surface area (Å²) < 4.78 is 11.3. The summed E-state index contributed by atoms with van der Waals surface area (Å²) in [7, 11) is 0. The summed E-state index contributed by atoms with van der Waals surface area (Å²) in [6.07, 6.45) is 5.18. The molecule has 0 saturated carbocycles. The minimum absolute atomic E-state index is 0.373. The van der Waals surface area contributed by atoms with Crippen LogP contribution in [0.1, 0.15) is 40.9 Å². The summed E-state index contributed by atoms with van der Waals surface area (Å²) in [6.45, 7) is 1.29. The Bertz CT molecular complexity index is 782. The summed E-state index contributed by atoms with van der Waals surface area (Å²) in [5.74, 6) is 2.01. The maximum atomic E-state index is 5.75. The van der Waals surface area contributed by atoms with Crippen LogP contribution in [-0.2, 0) is 19.6 Å². The molecule has 1 unspecified atom stereocenters. The van der Waals surface area contributed by atoms with Gasteiger partial charge in [0.15, 0.2) is 0 Å². The summed E-state index contributed by atoms with van der Waals surface area (Å²) in [5.41, 5.74) is 2.38. The third-order valence-electron chi connectivity index (χ3n) is 4.29. The Balaban J connectivity index is 1.32. The molecule has 124 valence electrons. The zero-order chi connectivity index (χ0) is 16.2. The van der Waals surface area contributed by atoms with Crippen molar-refractivity contribution in [2.24, 2.45) is 0 Å². The number of furan rings is 1. The molecule has 1 atom stereocenters. The molecule has 1 N–H and O–H groups in total. The van der Waals surface area contributed by atoms with Crippen LogP contribution in [0.4, 0.5) is 0 Å². The second kappa shape index (κ2) is 7.20. The molecule has 0 aliphatic heterocycles. The lowest BCUT2D eigenvalue weighted by molar-refractivity contribution is 0.305. The van der Waals surface area contributed by atoms with Gasteiger partial charge in [-0.3, -0.25) is 0 Å². The Labute approximate surface area is 145 Å². The van der Waals surface area contributed by atoms with Crippen LogP contribution in [0.3, 0.4) is 0 Å². The SMILES string of the molecule is c1ccc(OCc2nc(CNC3CCCc4occc43)cs2)cc1. The quantitative estimate of drug-likeness (QED) is 0.718. The van der Waals surface area contributed by atoms with E-state index in [1.54, 1.807) is 17.6 Å². The molecule has 2 aromatic heterocycles. The molecular weight excluding hydrogens is 320 g/mol. The Kier molecular flexibility index (Phi) is 4.62. The number of ether oxygens (including phenoxy) is 1. The van der Waals surface area contributed by atoms with E-state index in [1.807, 2.05) is 30.3 Å². The first-order chi connectivity index (χ1) is 11.9. The van der Waals surface area contributed by atoms with Crippen molar-refractivity contribution in [1.29, 1.82) is 0 Å². The zero-order valence-electron chi connectivity index (χ0n) is 13.4. The normalized spacial score (nSPS) is 16.8. The first kappa shape index (κ1) is 15.4. The van der Waals surface area contributed by atoms with Gasteiger partial charge in [-0.05, 0) is 31.0 Å². The standard InChI is InChI=1S/C19H20N2O2S/c1-2-5-15(6-3-1)23-12-19-21-14(13-24-19)11-20-17-7-4-8-18-16(17)9-10-22-18/h1-3,5-6,9-10,13,17,20H,4,7-8,11-12H2. The molecule has 1 aliphatic rings. The minimum atomic E-state index is 0.373. The van der Waals surface area contributed by atoms with Crippen LogP contribution < -0.4 is 10.1 Å². The predicted octanol–water partition coefficient (Wildman–Crippen LogP) is 4.48. The van der Waals surface area contributed by atoms with Crippen LogP contribution in [0.15, 0.2) is 52.5 Å². The molecule has 0 bridgehead atoms. The fraction of sp³-hybridized carbons (Fsp3) is 0.316. The Morgan fingerprint density at radius 3 is 3.08 bits per heavy atom. The highest BCUT2D eigenvalue weighted by atomic mass is 32.1. The average molecular weight is 340 g/mol. The lowest BCUT2D eigenvalue weighted by atomic mass is 9.93. The lowest BCUT2D eigenvalue weighted by Crippen LogP contribution is -2.24. The molecule has 1 aliphatic carbocycles. The van der Waals surface area contributed by atoms with Crippen molar-refractivity contribution in [3.8, 4) is 5.75 Å². The summed E-state index contributed by atoms with van der Waals surface area (Å²) in [6, 6.07) is 12.3. The van der Waals surface area contributed by atoms with Crippen molar-refractivity contribution in [3.63, 3.8) is 0 Å². The molecule has 5 heteroatoms. The second-order valence-corrected chi connectivity index (χ2v) is 6.90. The molecule has 0 fully saturated rings. The second-order valence-electron chi connectivity index (χ2n) is 5.96. The van der Waals surface area contributed by atoms with Gasteiger partial charge in [-0.1, -0.05) is 18.2 Å². The smallest absolute Gasteiger partial charge is 0.140 e. The number of benzene rings is 1. The number of hydrogen-bond acceptors (Lipinski definition) is 5. The lowest BCUT2D eigenvalue weighted by Gasteiger charge is -2.22. The zero-order valence-corrected chi connectivity index (χ0v) is 14.2. The molecule has 2 heterocycles. The van der Waals surface area contributed by atoms with Crippen LogP contribution in [0.5, 0.6) is 5.75 Å².